The molecule has 2 aromatic carbocycles. The molecule has 0 saturated carbocycles. The van der Waals surface area contributed by atoms with Crippen LogP contribution in [0.3, 0.4) is 0 Å². The van der Waals surface area contributed by atoms with E-state index >= 15 is 0 Å². The lowest BCUT2D eigenvalue weighted by molar-refractivity contribution is -0.578. The summed E-state index contributed by atoms with van der Waals surface area (Å²) in [4.78, 5) is 40.9. The Morgan fingerprint density at radius 2 is 1.42 bits per heavy atom. The first-order valence-electron chi connectivity index (χ1n) is 9.51. The Hall–Kier alpha value is -4.00. The van der Waals surface area contributed by atoms with Crippen LogP contribution in [0.2, 0.25) is 0 Å². The van der Waals surface area contributed by atoms with Crippen molar-refractivity contribution in [2.45, 2.75) is 0 Å². The Bertz CT molecular complexity index is 1170. The fraction of sp³-hybridized carbons (Fsp3) is 0.167. The molecule has 0 aliphatic rings. The van der Waals surface area contributed by atoms with Crippen LogP contribution in [0.1, 0.15) is 10.4 Å². The Balaban J connectivity index is 2.28. The van der Waals surface area contributed by atoms with Crippen LogP contribution in [0.4, 0.5) is 5.69 Å². The van der Waals surface area contributed by atoms with E-state index in [4.69, 9.17) is 9.47 Å². The van der Waals surface area contributed by atoms with Crippen LogP contribution in [0.15, 0.2) is 72.6 Å². The number of hydrogen-bond donors (Lipinski definition) is 0. The van der Waals surface area contributed by atoms with Gasteiger partial charge in [0.25, 0.3) is 0 Å². The number of Topliss-reactive ketones (excluding diaryl/α,β-unsaturated/α-hetero) is 1. The van der Waals surface area contributed by atoms with E-state index in [0.29, 0.717) is 5.39 Å². The van der Waals surface area contributed by atoms with Gasteiger partial charge in [-0.2, -0.15) is 4.57 Å². The smallest absolute Gasteiger partial charge is 0.405 e. The first-order chi connectivity index (χ1) is 14.9. The summed E-state index contributed by atoms with van der Waals surface area (Å²) >= 11 is 0. The highest BCUT2D eigenvalue weighted by atomic mass is 16.5. The number of carbonyl (C=O) groups excluding carboxylic acids is 3. The number of anilines is 1. The fourth-order valence-corrected chi connectivity index (χ4v) is 3.26. The Morgan fingerprint density at radius 3 is 2.03 bits per heavy atom. The molecule has 3 rings (SSSR count). The summed E-state index contributed by atoms with van der Waals surface area (Å²) in [6.45, 7) is 0. The van der Waals surface area contributed by atoms with Gasteiger partial charge in [0.2, 0.25) is 5.78 Å². The van der Waals surface area contributed by atoms with Gasteiger partial charge < -0.3 is 14.4 Å². The van der Waals surface area contributed by atoms with E-state index in [0.717, 1.165) is 18.2 Å². The second-order valence-electron chi connectivity index (χ2n) is 6.92. The third-order valence-electron chi connectivity index (χ3n) is 4.85. The maximum absolute atomic E-state index is 13.6. The van der Waals surface area contributed by atoms with Gasteiger partial charge in [-0.25, -0.2) is 9.59 Å². The molecule has 0 amide bonds. The summed E-state index contributed by atoms with van der Waals surface area (Å²) in [6.07, 6.45) is 3.17. The third kappa shape index (κ3) is 4.30. The monoisotopic (exact) mass is 419 g/mol. The number of carbonyl (C=O) groups is 3. The molecule has 0 N–H and O–H groups in total. The number of aromatic nitrogens is 1. The van der Waals surface area contributed by atoms with Gasteiger partial charge in [0.15, 0.2) is 18.0 Å². The van der Waals surface area contributed by atoms with E-state index in [9.17, 15) is 14.4 Å². The molecule has 7 heteroatoms. The van der Waals surface area contributed by atoms with Crippen molar-refractivity contribution in [3.05, 3.63) is 78.1 Å². The van der Waals surface area contributed by atoms with Gasteiger partial charge in [0.05, 0.1) is 14.2 Å². The number of ether oxygens (including phenoxy) is 2. The SMILES string of the molecule is COC(=O)/C(C(=O)c1cccc2ccccc12)=C(\C(=O)OC)[n+]1ccc(N(C)C)cc1. The number of rotatable bonds is 6. The minimum Gasteiger partial charge on any atom is -0.465 e. The molecule has 31 heavy (non-hydrogen) atoms. The first kappa shape index (κ1) is 21.7. The Morgan fingerprint density at radius 1 is 0.806 bits per heavy atom. The molecule has 0 unspecified atom stereocenters. The maximum Gasteiger partial charge on any atom is 0.405 e. The molecule has 3 aromatic rings. The van der Waals surface area contributed by atoms with Crippen molar-refractivity contribution in [3.63, 3.8) is 0 Å². The van der Waals surface area contributed by atoms with Crippen molar-refractivity contribution >= 4 is 39.9 Å². The molecule has 7 nitrogen and oxygen atoms in total. The van der Waals surface area contributed by atoms with Crippen LogP contribution >= 0.6 is 0 Å². The van der Waals surface area contributed by atoms with Crippen molar-refractivity contribution in [1.82, 2.24) is 0 Å². The van der Waals surface area contributed by atoms with Gasteiger partial charge in [-0.15, -0.1) is 0 Å². The summed E-state index contributed by atoms with van der Waals surface area (Å²) in [6, 6.07) is 16.0. The Kier molecular flexibility index (Phi) is 6.45. The molecule has 158 valence electrons. The highest BCUT2D eigenvalue weighted by Crippen LogP contribution is 2.24. The van der Waals surface area contributed by atoms with Crippen LogP contribution in [-0.4, -0.2) is 46.0 Å². The van der Waals surface area contributed by atoms with Crippen LogP contribution < -0.4 is 9.47 Å². The largest absolute Gasteiger partial charge is 0.465 e. The molecule has 1 heterocycles. The second-order valence-corrected chi connectivity index (χ2v) is 6.92. The van der Waals surface area contributed by atoms with E-state index in [-0.39, 0.29) is 11.3 Å². The van der Waals surface area contributed by atoms with Gasteiger partial charge >= 0.3 is 17.6 Å². The molecule has 0 radical (unpaired) electrons. The summed E-state index contributed by atoms with van der Waals surface area (Å²) in [5.41, 5.74) is 0.525. The molecule has 0 bridgehead atoms. The quantitative estimate of drug-likeness (QED) is 0.153. The van der Waals surface area contributed by atoms with Crippen molar-refractivity contribution in [2.75, 3.05) is 33.2 Å². The minimum absolute atomic E-state index is 0.224. The summed E-state index contributed by atoms with van der Waals surface area (Å²) in [5, 5.41) is 1.49. The van der Waals surface area contributed by atoms with E-state index < -0.39 is 23.3 Å². The van der Waals surface area contributed by atoms with Crippen LogP contribution in [0, 0.1) is 0 Å². The number of hydrogen-bond acceptors (Lipinski definition) is 6. The molecule has 0 aliphatic carbocycles. The van der Waals surface area contributed by atoms with E-state index in [1.54, 1.807) is 48.8 Å². The highest BCUT2D eigenvalue weighted by Gasteiger charge is 2.37. The number of nitrogens with zero attached hydrogens (tertiary/aromatic N) is 2. The first-order valence-corrected chi connectivity index (χ1v) is 9.51. The predicted octanol–water partition coefficient (Wildman–Crippen LogP) is 2.63. The molecular formula is C24H23N2O5+. The molecule has 1 aromatic heterocycles. The van der Waals surface area contributed by atoms with E-state index in [2.05, 4.69) is 0 Å². The Labute approximate surface area is 180 Å². The summed E-state index contributed by atoms with van der Waals surface area (Å²) < 4.78 is 11.2. The van der Waals surface area contributed by atoms with Crippen LogP contribution in [0.25, 0.3) is 16.5 Å². The lowest BCUT2D eigenvalue weighted by Gasteiger charge is -2.12. The maximum atomic E-state index is 13.6. The molecule has 0 saturated heterocycles. The average Bonchev–Trinajstić information content (AvgIpc) is 2.80. The molecule has 0 aliphatic heterocycles. The normalized spacial score (nSPS) is 11.5. The summed E-state index contributed by atoms with van der Waals surface area (Å²) in [7, 11) is 6.10. The number of fused-ring (bicyclic) bond motifs is 1. The van der Waals surface area contributed by atoms with E-state index in [1.807, 2.05) is 37.2 Å². The molecular weight excluding hydrogens is 396 g/mol. The van der Waals surface area contributed by atoms with Crippen molar-refractivity contribution < 1.29 is 28.4 Å². The zero-order chi connectivity index (χ0) is 22.5. The van der Waals surface area contributed by atoms with Crippen molar-refractivity contribution in [3.8, 4) is 0 Å². The molecule has 0 fully saturated rings. The standard InChI is InChI=1S/C24H23N2O5/c1-25(2)17-12-14-26(15-13-17)21(24(29)31-4)20(23(28)30-3)22(27)19-11-7-9-16-8-5-6-10-18(16)19/h5-15H,1-4H3/q+1/b21-20+. The molecule has 0 atom stereocenters. The lowest BCUT2D eigenvalue weighted by atomic mass is 9.96. The van der Waals surface area contributed by atoms with Crippen LogP contribution in [0.5, 0.6) is 0 Å². The molecule has 0 spiro atoms. The zero-order valence-corrected chi connectivity index (χ0v) is 17.8. The number of ketones is 1. The summed E-state index contributed by atoms with van der Waals surface area (Å²) in [5.74, 6) is -2.40. The van der Waals surface area contributed by atoms with E-state index in [1.165, 1.54) is 11.7 Å². The highest BCUT2D eigenvalue weighted by molar-refractivity contribution is 6.34. The van der Waals surface area contributed by atoms with Crippen molar-refractivity contribution in [1.29, 1.82) is 0 Å². The lowest BCUT2D eigenvalue weighted by Crippen LogP contribution is -2.40. The fourth-order valence-electron chi connectivity index (χ4n) is 3.26. The van der Waals surface area contributed by atoms with Crippen molar-refractivity contribution in [2.24, 2.45) is 0 Å². The number of pyridine rings is 1. The number of benzene rings is 2. The third-order valence-corrected chi connectivity index (χ3v) is 4.85. The van der Waals surface area contributed by atoms with Gasteiger partial charge in [0, 0.05) is 37.5 Å². The second kappa shape index (κ2) is 9.21. The van der Waals surface area contributed by atoms with Gasteiger partial charge in [-0.05, 0) is 10.8 Å². The number of esters is 2. The number of methoxy groups -OCH3 is 2. The average molecular weight is 419 g/mol. The predicted molar refractivity (Wildman–Crippen MR) is 116 cm³/mol. The van der Waals surface area contributed by atoms with Gasteiger partial charge in [-0.1, -0.05) is 42.5 Å². The van der Waals surface area contributed by atoms with Crippen LogP contribution in [-0.2, 0) is 19.1 Å². The minimum atomic E-state index is -0.928. The van der Waals surface area contributed by atoms with Gasteiger partial charge in [-0.3, -0.25) is 4.79 Å². The topological polar surface area (TPSA) is 76.8 Å². The van der Waals surface area contributed by atoms with Gasteiger partial charge in [0.1, 0.15) is 0 Å². The zero-order valence-electron chi connectivity index (χ0n) is 17.8.